The zero-order valence-electron chi connectivity index (χ0n) is 10.7. The molecular weight excluding hydrogens is 240 g/mol. The third-order valence-electron chi connectivity index (χ3n) is 2.60. The standard InChI is InChI=1S/C14H16N4O/c1-15-17-9-11-4-6-13(7-5-11)18-14(19)12-3-2-8-16-10-12/h2-8,10,15,17H,9H2,1H3,(H,18,19). The summed E-state index contributed by atoms with van der Waals surface area (Å²) in [6, 6.07) is 11.1. The number of nitrogens with one attached hydrogen (secondary N) is 3. The molecule has 0 atom stereocenters. The Morgan fingerprint density at radius 2 is 2.00 bits per heavy atom. The summed E-state index contributed by atoms with van der Waals surface area (Å²) < 4.78 is 0. The Kier molecular flexibility index (Phi) is 4.60. The molecule has 5 heteroatoms. The number of carbonyl (C=O) groups is 1. The van der Waals surface area contributed by atoms with Crippen LogP contribution in [-0.2, 0) is 6.54 Å². The quantitative estimate of drug-likeness (QED) is 0.710. The highest BCUT2D eigenvalue weighted by Gasteiger charge is 2.05. The summed E-state index contributed by atoms with van der Waals surface area (Å²) in [5, 5.41) is 2.83. The number of hydrazine groups is 1. The highest BCUT2D eigenvalue weighted by Crippen LogP contribution is 2.11. The van der Waals surface area contributed by atoms with Crippen molar-refractivity contribution in [2.75, 3.05) is 12.4 Å². The Bertz CT molecular complexity index is 525. The Balaban J connectivity index is 1.98. The minimum Gasteiger partial charge on any atom is -0.322 e. The molecule has 0 spiro atoms. The van der Waals surface area contributed by atoms with Crippen molar-refractivity contribution < 1.29 is 4.79 Å². The summed E-state index contributed by atoms with van der Waals surface area (Å²) in [6.45, 7) is 0.729. The molecule has 1 heterocycles. The van der Waals surface area contributed by atoms with Gasteiger partial charge in [0.15, 0.2) is 0 Å². The van der Waals surface area contributed by atoms with Gasteiger partial charge in [-0.15, -0.1) is 0 Å². The molecule has 1 aromatic heterocycles. The van der Waals surface area contributed by atoms with E-state index in [1.807, 2.05) is 31.3 Å². The van der Waals surface area contributed by atoms with E-state index in [1.165, 1.54) is 0 Å². The van der Waals surface area contributed by atoms with E-state index in [2.05, 4.69) is 21.2 Å². The Morgan fingerprint density at radius 1 is 1.21 bits per heavy atom. The topological polar surface area (TPSA) is 66.0 Å². The van der Waals surface area contributed by atoms with Gasteiger partial charge in [0.1, 0.15) is 0 Å². The number of nitrogens with zero attached hydrogens (tertiary/aromatic N) is 1. The molecule has 0 aliphatic heterocycles. The predicted octanol–water partition coefficient (Wildman–Crippen LogP) is 1.56. The smallest absolute Gasteiger partial charge is 0.257 e. The number of pyridine rings is 1. The molecule has 0 radical (unpaired) electrons. The van der Waals surface area contributed by atoms with Crippen LogP contribution in [0.1, 0.15) is 15.9 Å². The summed E-state index contributed by atoms with van der Waals surface area (Å²) in [6.07, 6.45) is 3.18. The van der Waals surface area contributed by atoms with E-state index in [-0.39, 0.29) is 5.91 Å². The van der Waals surface area contributed by atoms with Gasteiger partial charge in [-0.25, -0.2) is 0 Å². The van der Waals surface area contributed by atoms with E-state index in [4.69, 9.17) is 0 Å². The Morgan fingerprint density at radius 3 is 2.63 bits per heavy atom. The van der Waals surface area contributed by atoms with Crippen molar-refractivity contribution in [3.05, 3.63) is 59.9 Å². The van der Waals surface area contributed by atoms with Crippen molar-refractivity contribution in [1.29, 1.82) is 0 Å². The molecule has 0 bridgehead atoms. The van der Waals surface area contributed by atoms with Gasteiger partial charge in [0.05, 0.1) is 5.56 Å². The van der Waals surface area contributed by atoms with Gasteiger partial charge in [0, 0.05) is 24.6 Å². The summed E-state index contributed by atoms with van der Waals surface area (Å²) in [4.78, 5) is 15.8. The highest BCUT2D eigenvalue weighted by molar-refractivity contribution is 6.03. The van der Waals surface area contributed by atoms with Crippen molar-refractivity contribution in [3.63, 3.8) is 0 Å². The molecule has 0 aliphatic carbocycles. The SMILES string of the molecule is CNNCc1ccc(NC(=O)c2cccnc2)cc1. The number of anilines is 1. The number of carbonyl (C=O) groups excluding carboxylic acids is 1. The van der Waals surface area contributed by atoms with E-state index in [0.717, 1.165) is 17.8 Å². The maximum atomic E-state index is 11.9. The fraction of sp³-hybridized carbons (Fsp3) is 0.143. The van der Waals surface area contributed by atoms with Crippen molar-refractivity contribution in [2.24, 2.45) is 0 Å². The molecule has 0 aliphatic rings. The van der Waals surface area contributed by atoms with Crippen LogP contribution in [-0.4, -0.2) is 17.9 Å². The summed E-state index contributed by atoms with van der Waals surface area (Å²) in [7, 11) is 1.82. The molecular formula is C14H16N4O. The molecule has 2 rings (SSSR count). The van der Waals surface area contributed by atoms with Crippen LogP contribution < -0.4 is 16.2 Å². The van der Waals surface area contributed by atoms with Crippen molar-refractivity contribution in [2.45, 2.75) is 6.54 Å². The number of aromatic nitrogens is 1. The van der Waals surface area contributed by atoms with Crippen LogP contribution in [0.3, 0.4) is 0 Å². The van der Waals surface area contributed by atoms with Crippen LogP contribution in [0.15, 0.2) is 48.8 Å². The molecule has 2 aromatic rings. The molecule has 19 heavy (non-hydrogen) atoms. The number of hydrogen-bond acceptors (Lipinski definition) is 4. The first-order valence-electron chi connectivity index (χ1n) is 5.99. The minimum atomic E-state index is -0.158. The van der Waals surface area contributed by atoms with E-state index < -0.39 is 0 Å². The monoisotopic (exact) mass is 256 g/mol. The van der Waals surface area contributed by atoms with E-state index in [0.29, 0.717) is 5.56 Å². The predicted molar refractivity (Wildman–Crippen MR) is 74.5 cm³/mol. The summed E-state index contributed by atoms with van der Waals surface area (Å²) in [5.41, 5.74) is 8.31. The van der Waals surface area contributed by atoms with Gasteiger partial charge in [0.2, 0.25) is 0 Å². The van der Waals surface area contributed by atoms with Crippen molar-refractivity contribution in [1.82, 2.24) is 15.8 Å². The van der Waals surface area contributed by atoms with Crippen LogP contribution in [0, 0.1) is 0 Å². The van der Waals surface area contributed by atoms with E-state index in [9.17, 15) is 4.79 Å². The zero-order chi connectivity index (χ0) is 13.5. The second-order valence-corrected chi connectivity index (χ2v) is 4.00. The van der Waals surface area contributed by atoms with E-state index >= 15 is 0 Å². The van der Waals surface area contributed by atoms with Crippen LogP contribution >= 0.6 is 0 Å². The maximum Gasteiger partial charge on any atom is 0.257 e. The first kappa shape index (κ1) is 13.2. The second kappa shape index (κ2) is 6.63. The Labute approximate surface area is 112 Å². The zero-order valence-corrected chi connectivity index (χ0v) is 10.7. The molecule has 0 unspecified atom stereocenters. The summed E-state index contributed by atoms with van der Waals surface area (Å²) in [5.74, 6) is -0.158. The van der Waals surface area contributed by atoms with Crippen LogP contribution in [0.5, 0.6) is 0 Å². The summed E-state index contributed by atoms with van der Waals surface area (Å²) >= 11 is 0. The lowest BCUT2D eigenvalue weighted by molar-refractivity contribution is 0.102. The van der Waals surface area contributed by atoms with Gasteiger partial charge in [-0.05, 0) is 36.9 Å². The van der Waals surface area contributed by atoms with Gasteiger partial charge < -0.3 is 5.32 Å². The average molecular weight is 256 g/mol. The van der Waals surface area contributed by atoms with E-state index in [1.54, 1.807) is 24.5 Å². The molecule has 1 amide bonds. The largest absolute Gasteiger partial charge is 0.322 e. The third-order valence-corrected chi connectivity index (χ3v) is 2.60. The van der Waals surface area contributed by atoms with Crippen LogP contribution in [0.25, 0.3) is 0 Å². The first-order valence-corrected chi connectivity index (χ1v) is 5.99. The highest BCUT2D eigenvalue weighted by atomic mass is 16.1. The molecule has 98 valence electrons. The molecule has 0 fully saturated rings. The lowest BCUT2D eigenvalue weighted by Crippen LogP contribution is -2.26. The van der Waals surface area contributed by atoms with Gasteiger partial charge in [-0.1, -0.05) is 12.1 Å². The number of amides is 1. The van der Waals surface area contributed by atoms with Gasteiger partial charge in [-0.3, -0.25) is 20.6 Å². The van der Waals surface area contributed by atoms with Crippen LogP contribution in [0.4, 0.5) is 5.69 Å². The fourth-order valence-electron chi connectivity index (χ4n) is 1.60. The lowest BCUT2D eigenvalue weighted by Gasteiger charge is -2.07. The van der Waals surface area contributed by atoms with Crippen molar-refractivity contribution in [3.8, 4) is 0 Å². The van der Waals surface area contributed by atoms with Crippen molar-refractivity contribution >= 4 is 11.6 Å². The number of benzene rings is 1. The van der Waals surface area contributed by atoms with Gasteiger partial charge in [-0.2, -0.15) is 0 Å². The molecule has 1 aromatic carbocycles. The number of hydrogen-bond donors (Lipinski definition) is 3. The normalized spacial score (nSPS) is 10.2. The Hall–Kier alpha value is -2.24. The molecule has 0 saturated heterocycles. The molecule has 3 N–H and O–H groups in total. The lowest BCUT2D eigenvalue weighted by atomic mass is 10.2. The van der Waals surface area contributed by atoms with Gasteiger partial charge >= 0.3 is 0 Å². The van der Waals surface area contributed by atoms with Gasteiger partial charge in [0.25, 0.3) is 5.91 Å². The third kappa shape index (κ3) is 3.87. The maximum absolute atomic E-state index is 11.9. The molecule has 0 saturated carbocycles. The fourth-order valence-corrected chi connectivity index (χ4v) is 1.60. The number of rotatable bonds is 5. The van der Waals surface area contributed by atoms with Crippen LogP contribution in [0.2, 0.25) is 0 Å². The first-order chi connectivity index (χ1) is 9.29. The molecule has 5 nitrogen and oxygen atoms in total. The minimum absolute atomic E-state index is 0.158. The average Bonchev–Trinajstić information content (AvgIpc) is 2.47. The second-order valence-electron chi connectivity index (χ2n) is 4.00.